The lowest BCUT2D eigenvalue weighted by Gasteiger charge is -2.23. The van der Waals surface area contributed by atoms with Crippen LogP contribution >= 0.6 is 0 Å². The molecule has 0 bridgehead atoms. The number of nitrogens with zero attached hydrogens (tertiary/aromatic N) is 1. The maximum atomic E-state index is 11.7. The maximum Gasteiger partial charge on any atom is 0.317 e. The number of hydrogen-bond acceptors (Lipinski definition) is 3. The molecule has 1 atom stereocenters. The molecule has 5 nitrogen and oxygen atoms in total. The maximum absolute atomic E-state index is 11.7. The van der Waals surface area contributed by atoms with Crippen molar-refractivity contribution in [3.8, 4) is 5.75 Å². The van der Waals surface area contributed by atoms with E-state index in [9.17, 15) is 4.79 Å². The van der Waals surface area contributed by atoms with E-state index in [2.05, 4.69) is 31.3 Å². The largest absolute Gasteiger partial charge is 0.492 e. The van der Waals surface area contributed by atoms with Crippen LogP contribution in [0.4, 0.5) is 4.79 Å². The molecule has 0 aliphatic rings. The number of carbonyl (C=O) groups is 1. The van der Waals surface area contributed by atoms with E-state index < -0.39 is 0 Å². The molecule has 0 heterocycles. The molecule has 1 rings (SSSR count). The summed E-state index contributed by atoms with van der Waals surface area (Å²) in [6.07, 6.45) is 0. The molecule has 0 aromatic heterocycles. The Hall–Kier alpha value is -1.75. The molecule has 1 aromatic carbocycles. The third-order valence-corrected chi connectivity index (χ3v) is 3.44. The number of rotatable bonds is 7. The van der Waals surface area contributed by atoms with Gasteiger partial charge in [-0.1, -0.05) is 26.0 Å². The summed E-state index contributed by atoms with van der Waals surface area (Å²) in [5.74, 6) is 1.30. The number of benzene rings is 1. The number of carbonyl (C=O) groups excluding carboxylic acids is 1. The smallest absolute Gasteiger partial charge is 0.317 e. The first-order valence-electron chi connectivity index (χ1n) is 7.30. The number of urea groups is 1. The van der Waals surface area contributed by atoms with Crippen LogP contribution in [-0.2, 0) is 0 Å². The van der Waals surface area contributed by atoms with E-state index in [1.807, 2.05) is 12.1 Å². The summed E-state index contributed by atoms with van der Waals surface area (Å²) >= 11 is 0. The molecule has 0 fully saturated rings. The van der Waals surface area contributed by atoms with Gasteiger partial charge in [-0.3, -0.25) is 0 Å². The van der Waals surface area contributed by atoms with Crippen LogP contribution in [0.2, 0.25) is 0 Å². The molecule has 5 heteroatoms. The van der Waals surface area contributed by atoms with Crippen molar-refractivity contribution in [1.82, 2.24) is 10.2 Å². The predicted octanol–water partition coefficient (Wildman–Crippen LogP) is 2.21. The van der Waals surface area contributed by atoms with E-state index in [1.165, 1.54) is 10.5 Å². The minimum absolute atomic E-state index is 0.0530. The summed E-state index contributed by atoms with van der Waals surface area (Å²) in [6, 6.07) is 7.57. The van der Waals surface area contributed by atoms with Gasteiger partial charge in [-0.05, 0) is 30.5 Å². The van der Waals surface area contributed by atoms with Gasteiger partial charge in [0.2, 0.25) is 0 Å². The zero-order valence-electron chi connectivity index (χ0n) is 13.3. The topological polar surface area (TPSA) is 61.8 Å². The molecule has 0 radical (unpaired) electrons. The monoisotopic (exact) mass is 294 g/mol. The van der Waals surface area contributed by atoms with E-state index >= 15 is 0 Å². The third kappa shape index (κ3) is 5.63. The van der Waals surface area contributed by atoms with E-state index in [1.54, 1.807) is 14.0 Å². The SMILES string of the molecule is CC(C)c1ccc(OCCNC(=O)N(C)C(C)CO)cc1. The minimum Gasteiger partial charge on any atom is -0.492 e. The lowest BCUT2D eigenvalue weighted by molar-refractivity contribution is 0.156. The van der Waals surface area contributed by atoms with E-state index in [-0.39, 0.29) is 18.7 Å². The molecule has 2 amide bonds. The Morgan fingerprint density at radius 3 is 2.43 bits per heavy atom. The molecule has 21 heavy (non-hydrogen) atoms. The molecule has 2 N–H and O–H groups in total. The molecule has 0 spiro atoms. The normalized spacial score (nSPS) is 12.1. The summed E-state index contributed by atoms with van der Waals surface area (Å²) in [6.45, 7) is 6.86. The summed E-state index contributed by atoms with van der Waals surface area (Å²) in [7, 11) is 1.65. The average Bonchev–Trinajstić information content (AvgIpc) is 2.50. The van der Waals surface area contributed by atoms with Crippen LogP contribution in [0.1, 0.15) is 32.3 Å². The summed E-state index contributed by atoms with van der Waals surface area (Å²) < 4.78 is 5.58. The molecule has 0 saturated heterocycles. The number of nitrogens with one attached hydrogen (secondary N) is 1. The highest BCUT2D eigenvalue weighted by Crippen LogP contribution is 2.18. The molecule has 1 unspecified atom stereocenters. The number of ether oxygens (including phenoxy) is 1. The van der Waals surface area contributed by atoms with Gasteiger partial charge in [-0.25, -0.2) is 4.79 Å². The van der Waals surface area contributed by atoms with Crippen LogP contribution in [0.5, 0.6) is 5.75 Å². The lowest BCUT2D eigenvalue weighted by atomic mass is 10.0. The standard InChI is InChI=1S/C16H26N2O3/c1-12(2)14-5-7-15(8-6-14)21-10-9-17-16(20)18(4)13(3)11-19/h5-8,12-13,19H,9-11H2,1-4H3,(H,17,20). The zero-order valence-corrected chi connectivity index (χ0v) is 13.3. The Labute approximate surface area is 126 Å². The van der Waals surface area contributed by atoms with Crippen molar-refractivity contribution in [3.63, 3.8) is 0 Å². The molecule has 0 aliphatic carbocycles. The van der Waals surface area contributed by atoms with E-state index in [0.29, 0.717) is 19.1 Å². The van der Waals surface area contributed by atoms with Gasteiger partial charge in [0.25, 0.3) is 0 Å². The fourth-order valence-corrected chi connectivity index (χ4v) is 1.72. The van der Waals surface area contributed by atoms with Crippen LogP contribution in [0.25, 0.3) is 0 Å². The quantitative estimate of drug-likeness (QED) is 0.758. The number of amides is 2. The Bertz CT molecular complexity index is 432. The van der Waals surface area contributed by atoms with Crippen LogP contribution in [0.15, 0.2) is 24.3 Å². The van der Waals surface area contributed by atoms with Crippen molar-refractivity contribution in [1.29, 1.82) is 0 Å². The molecular weight excluding hydrogens is 268 g/mol. The Balaban J connectivity index is 2.29. The Morgan fingerprint density at radius 1 is 1.29 bits per heavy atom. The van der Waals surface area contributed by atoms with Crippen molar-refractivity contribution in [3.05, 3.63) is 29.8 Å². The Morgan fingerprint density at radius 2 is 1.90 bits per heavy atom. The first-order valence-corrected chi connectivity index (χ1v) is 7.30. The highest BCUT2D eigenvalue weighted by molar-refractivity contribution is 5.74. The van der Waals surface area contributed by atoms with Crippen LogP contribution in [-0.4, -0.2) is 48.9 Å². The van der Waals surface area contributed by atoms with Gasteiger partial charge >= 0.3 is 6.03 Å². The van der Waals surface area contributed by atoms with Gasteiger partial charge in [-0.2, -0.15) is 0 Å². The van der Waals surface area contributed by atoms with Gasteiger partial charge < -0.3 is 20.1 Å². The fraction of sp³-hybridized carbons (Fsp3) is 0.562. The highest BCUT2D eigenvalue weighted by Gasteiger charge is 2.13. The van der Waals surface area contributed by atoms with Crippen LogP contribution in [0.3, 0.4) is 0 Å². The average molecular weight is 294 g/mol. The van der Waals surface area contributed by atoms with Crippen molar-refractivity contribution < 1.29 is 14.6 Å². The van der Waals surface area contributed by atoms with Crippen molar-refractivity contribution in [2.75, 3.05) is 26.8 Å². The van der Waals surface area contributed by atoms with Crippen molar-refractivity contribution in [2.24, 2.45) is 0 Å². The summed E-state index contributed by atoms with van der Waals surface area (Å²) in [5.41, 5.74) is 1.27. The number of aliphatic hydroxyl groups excluding tert-OH is 1. The van der Waals surface area contributed by atoms with Gasteiger partial charge in [0.15, 0.2) is 0 Å². The first kappa shape index (κ1) is 17.3. The molecule has 1 aromatic rings. The Kier molecular flexibility index (Phi) is 7.02. The minimum atomic E-state index is -0.213. The van der Waals surface area contributed by atoms with Crippen molar-refractivity contribution >= 4 is 6.03 Å². The molecule has 118 valence electrons. The molecular formula is C16H26N2O3. The second-order valence-electron chi connectivity index (χ2n) is 5.45. The van der Waals surface area contributed by atoms with Crippen molar-refractivity contribution in [2.45, 2.75) is 32.7 Å². The van der Waals surface area contributed by atoms with E-state index in [0.717, 1.165) is 5.75 Å². The predicted molar refractivity (Wildman–Crippen MR) is 83.7 cm³/mol. The molecule has 0 aliphatic heterocycles. The number of aliphatic hydroxyl groups is 1. The second kappa shape index (κ2) is 8.52. The van der Waals surface area contributed by atoms with E-state index in [4.69, 9.17) is 9.84 Å². The zero-order chi connectivity index (χ0) is 15.8. The van der Waals surface area contributed by atoms with Crippen LogP contribution in [0, 0.1) is 0 Å². The highest BCUT2D eigenvalue weighted by atomic mass is 16.5. The molecule has 0 saturated carbocycles. The first-order chi connectivity index (χ1) is 9.95. The lowest BCUT2D eigenvalue weighted by Crippen LogP contribution is -2.44. The second-order valence-corrected chi connectivity index (χ2v) is 5.45. The third-order valence-electron chi connectivity index (χ3n) is 3.44. The van der Waals surface area contributed by atoms with Gasteiger partial charge in [-0.15, -0.1) is 0 Å². The summed E-state index contributed by atoms with van der Waals surface area (Å²) in [5, 5.41) is 11.7. The van der Waals surface area contributed by atoms with Crippen LogP contribution < -0.4 is 10.1 Å². The van der Waals surface area contributed by atoms with Gasteiger partial charge in [0.1, 0.15) is 12.4 Å². The van der Waals surface area contributed by atoms with Gasteiger partial charge in [0.05, 0.1) is 19.2 Å². The van der Waals surface area contributed by atoms with Gasteiger partial charge in [0, 0.05) is 7.05 Å². The number of likely N-dealkylation sites (N-methyl/N-ethyl adjacent to an activating group) is 1. The summed E-state index contributed by atoms with van der Waals surface area (Å²) in [4.78, 5) is 13.2. The fourth-order valence-electron chi connectivity index (χ4n) is 1.72. The number of hydrogen-bond donors (Lipinski definition) is 2.